The summed E-state index contributed by atoms with van der Waals surface area (Å²) in [4.78, 5) is 0. The van der Waals surface area contributed by atoms with Gasteiger partial charge < -0.3 is 4.74 Å². The molecular weight excluding hydrogens is 212 g/mol. The molecule has 0 aliphatic rings. The first-order chi connectivity index (χ1) is 7.82. The van der Waals surface area contributed by atoms with Crippen LogP contribution in [0.2, 0.25) is 0 Å². The second kappa shape index (κ2) is 5.07. The third kappa shape index (κ3) is 2.79. The number of nitrogens with two attached hydrogens (primary N) is 1. The SMILES string of the molecule is COc1c(C(NN)C(C)(C)C)ccc(C)c1C. The molecule has 0 aliphatic heterocycles. The summed E-state index contributed by atoms with van der Waals surface area (Å²) >= 11 is 0. The second-order valence-corrected chi connectivity index (χ2v) is 5.60. The molecule has 1 aromatic rings. The van der Waals surface area contributed by atoms with Crippen molar-refractivity contribution in [1.82, 2.24) is 5.43 Å². The van der Waals surface area contributed by atoms with Crippen LogP contribution in [0, 0.1) is 19.3 Å². The molecule has 0 bridgehead atoms. The van der Waals surface area contributed by atoms with Crippen molar-refractivity contribution in [2.75, 3.05) is 7.11 Å². The van der Waals surface area contributed by atoms with E-state index in [9.17, 15) is 0 Å². The van der Waals surface area contributed by atoms with Gasteiger partial charge >= 0.3 is 0 Å². The van der Waals surface area contributed by atoms with E-state index >= 15 is 0 Å². The molecule has 0 aromatic heterocycles. The highest BCUT2D eigenvalue weighted by molar-refractivity contribution is 5.47. The van der Waals surface area contributed by atoms with Gasteiger partial charge in [-0.1, -0.05) is 32.9 Å². The van der Waals surface area contributed by atoms with Gasteiger partial charge in [0.25, 0.3) is 0 Å². The first kappa shape index (κ1) is 14.0. The van der Waals surface area contributed by atoms with Crippen molar-refractivity contribution in [3.05, 3.63) is 28.8 Å². The Labute approximate surface area is 104 Å². The van der Waals surface area contributed by atoms with Crippen LogP contribution in [0.15, 0.2) is 12.1 Å². The minimum atomic E-state index is 0.0315. The van der Waals surface area contributed by atoms with Gasteiger partial charge in [0.1, 0.15) is 5.75 Å². The molecule has 0 aliphatic carbocycles. The fourth-order valence-electron chi connectivity index (χ4n) is 2.12. The largest absolute Gasteiger partial charge is 0.496 e. The topological polar surface area (TPSA) is 47.3 Å². The molecule has 3 heteroatoms. The Hall–Kier alpha value is -1.06. The number of ether oxygens (including phenoxy) is 1. The summed E-state index contributed by atoms with van der Waals surface area (Å²) in [5.41, 5.74) is 6.45. The number of nitrogens with one attached hydrogen (secondary N) is 1. The number of benzene rings is 1. The summed E-state index contributed by atoms with van der Waals surface area (Å²) < 4.78 is 5.54. The first-order valence-corrected chi connectivity index (χ1v) is 5.93. The smallest absolute Gasteiger partial charge is 0.126 e. The number of rotatable bonds is 3. The van der Waals surface area contributed by atoms with Crippen molar-refractivity contribution >= 4 is 0 Å². The van der Waals surface area contributed by atoms with Crippen molar-refractivity contribution in [1.29, 1.82) is 0 Å². The lowest BCUT2D eigenvalue weighted by atomic mass is 9.81. The highest BCUT2D eigenvalue weighted by Gasteiger charge is 2.28. The predicted octanol–water partition coefficient (Wildman–Crippen LogP) is 2.86. The quantitative estimate of drug-likeness (QED) is 0.626. The second-order valence-electron chi connectivity index (χ2n) is 5.60. The van der Waals surface area contributed by atoms with Crippen molar-refractivity contribution in [2.45, 2.75) is 40.7 Å². The normalized spacial score (nSPS) is 13.6. The number of hydrazine groups is 1. The van der Waals surface area contributed by atoms with Crippen molar-refractivity contribution in [3.8, 4) is 5.75 Å². The van der Waals surface area contributed by atoms with Crippen molar-refractivity contribution in [2.24, 2.45) is 11.3 Å². The van der Waals surface area contributed by atoms with Crippen LogP contribution in [-0.4, -0.2) is 7.11 Å². The summed E-state index contributed by atoms with van der Waals surface area (Å²) in [5.74, 6) is 6.63. The third-order valence-corrected chi connectivity index (χ3v) is 3.26. The van der Waals surface area contributed by atoms with Crippen molar-refractivity contribution < 1.29 is 4.74 Å². The zero-order valence-corrected chi connectivity index (χ0v) is 11.7. The molecule has 96 valence electrons. The Balaban J connectivity index is 3.35. The Morgan fingerprint density at radius 2 is 1.82 bits per heavy atom. The van der Waals surface area contributed by atoms with Gasteiger partial charge in [-0.25, -0.2) is 0 Å². The number of hydrogen-bond acceptors (Lipinski definition) is 3. The maximum absolute atomic E-state index is 5.70. The maximum Gasteiger partial charge on any atom is 0.126 e. The van der Waals surface area contributed by atoms with Gasteiger partial charge in [-0.2, -0.15) is 0 Å². The highest BCUT2D eigenvalue weighted by atomic mass is 16.5. The average molecular weight is 236 g/mol. The number of methoxy groups -OCH3 is 1. The molecular formula is C14H24N2O. The molecule has 3 nitrogen and oxygen atoms in total. The summed E-state index contributed by atoms with van der Waals surface area (Å²) in [7, 11) is 1.71. The van der Waals surface area contributed by atoms with E-state index < -0.39 is 0 Å². The van der Waals surface area contributed by atoms with Gasteiger partial charge in [0, 0.05) is 5.56 Å². The minimum Gasteiger partial charge on any atom is -0.496 e. The van der Waals surface area contributed by atoms with Gasteiger partial charge in [-0.3, -0.25) is 11.3 Å². The molecule has 1 atom stereocenters. The van der Waals surface area contributed by atoms with E-state index in [-0.39, 0.29) is 11.5 Å². The number of aryl methyl sites for hydroxylation is 1. The minimum absolute atomic E-state index is 0.0315. The molecule has 0 spiro atoms. The van der Waals surface area contributed by atoms with Crippen LogP contribution < -0.4 is 16.0 Å². The van der Waals surface area contributed by atoms with Crippen LogP contribution in [0.1, 0.15) is 43.5 Å². The van der Waals surface area contributed by atoms with Crippen LogP contribution in [0.25, 0.3) is 0 Å². The number of hydrogen-bond donors (Lipinski definition) is 2. The Bertz CT molecular complexity index is 394. The van der Waals surface area contributed by atoms with E-state index in [1.807, 2.05) is 0 Å². The maximum atomic E-state index is 5.70. The molecule has 0 radical (unpaired) electrons. The van der Waals surface area contributed by atoms with E-state index in [1.165, 1.54) is 11.1 Å². The van der Waals surface area contributed by atoms with Gasteiger partial charge in [-0.05, 0) is 30.4 Å². The van der Waals surface area contributed by atoms with E-state index in [2.05, 4.69) is 52.2 Å². The van der Waals surface area contributed by atoms with Crippen LogP contribution in [0.5, 0.6) is 5.75 Å². The standard InChI is InChI=1S/C14H24N2O/c1-9-7-8-11(12(17-6)10(9)2)13(16-15)14(3,4)5/h7-8,13,16H,15H2,1-6H3. The van der Waals surface area contributed by atoms with Crippen molar-refractivity contribution in [3.63, 3.8) is 0 Å². The molecule has 17 heavy (non-hydrogen) atoms. The van der Waals surface area contributed by atoms with Gasteiger partial charge in [0.2, 0.25) is 0 Å². The molecule has 0 amide bonds. The summed E-state index contributed by atoms with van der Waals surface area (Å²) in [5, 5.41) is 0. The van der Waals surface area contributed by atoms with Gasteiger partial charge in [-0.15, -0.1) is 0 Å². The van der Waals surface area contributed by atoms with E-state index in [1.54, 1.807) is 7.11 Å². The Morgan fingerprint density at radius 1 is 1.24 bits per heavy atom. The predicted molar refractivity (Wildman–Crippen MR) is 72.0 cm³/mol. The molecule has 1 aromatic carbocycles. The van der Waals surface area contributed by atoms with E-state index in [0.717, 1.165) is 11.3 Å². The zero-order chi connectivity index (χ0) is 13.2. The monoisotopic (exact) mass is 236 g/mol. The molecule has 0 fully saturated rings. The molecule has 0 heterocycles. The highest BCUT2D eigenvalue weighted by Crippen LogP contribution is 2.39. The molecule has 0 saturated heterocycles. The molecule has 0 saturated carbocycles. The fourth-order valence-corrected chi connectivity index (χ4v) is 2.12. The lowest BCUT2D eigenvalue weighted by Gasteiger charge is -2.32. The third-order valence-electron chi connectivity index (χ3n) is 3.26. The zero-order valence-electron chi connectivity index (χ0n) is 11.7. The fraction of sp³-hybridized carbons (Fsp3) is 0.571. The van der Waals surface area contributed by atoms with Crippen LogP contribution in [-0.2, 0) is 0 Å². The lowest BCUT2D eigenvalue weighted by molar-refractivity contribution is 0.267. The van der Waals surface area contributed by atoms with Crippen LogP contribution in [0.3, 0.4) is 0 Å². The van der Waals surface area contributed by atoms with E-state index in [4.69, 9.17) is 10.6 Å². The van der Waals surface area contributed by atoms with Crippen LogP contribution in [0.4, 0.5) is 0 Å². The van der Waals surface area contributed by atoms with Crippen LogP contribution >= 0.6 is 0 Å². The summed E-state index contributed by atoms with van der Waals surface area (Å²) in [6.07, 6.45) is 0. The molecule has 1 rings (SSSR count). The molecule has 3 N–H and O–H groups in total. The Kier molecular flexibility index (Phi) is 4.17. The first-order valence-electron chi connectivity index (χ1n) is 5.93. The Morgan fingerprint density at radius 3 is 2.24 bits per heavy atom. The van der Waals surface area contributed by atoms with Gasteiger partial charge in [0.15, 0.2) is 0 Å². The average Bonchev–Trinajstić information content (AvgIpc) is 2.22. The lowest BCUT2D eigenvalue weighted by Crippen LogP contribution is -2.37. The van der Waals surface area contributed by atoms with Gasteiger partial charge in [0.05, 0.1) is 13.2 Å². The van der Waals surface area contributed by atoms with E-state index in [0.29, 0.717) is 0 Å². The summed E-state index contributed by atoms with van der Waals surface area (Å²) in [6, 6.07) is 4.27. The summed E-state index contributed by atoms with van der Waals surface area (Å²) in [6.45, 7) is 10.6. The molecule has 1 unspecified atom stereocenters.